The molecule has 2 aliphatic rings. The number of halogens is 3. The molecule has 1 aliphatic carbocycles. The van der Waals surface area contributed by atoms with Crippen LogP contribution < -0.4 is 5.32 Å². The normalized spacial score (nSPS) is 24.6. The summed E-state index contributed by atoms with van der Waals surface area (Å²) in [6, 6.07) is 3.80. The van der Waals surface area contributed by atoms with Gasteiger partial charge in [-0.2, -0.15) is 13.2 Å². The molecule has 3 nitrogen and oxygen atoms in total. The van der Waals surface area contributed by atoms with Crippen molar-refractivity contribution in [3.63, 3.8) is 0 Å². The predicted molar refractivity (Wildman–Crippen MR) is 69.2 cm³/mol. The SMILES string of the molecule is O=C1N(CCCC(F)(F)F)C(c2cccs2)NC12CC2. The monoisotopic (exact) mass is 304 g/mol. The molecule has 110 valence electrons. The molecule has 1 aliphatic heterocycles. The van der Waals surface area contributed by atoms with Crippen LogP contribution >= 0.6 is 11.3 Å². The maximum atomic E-state index is 12.3. The first-order valence-corrected chi connectivity index (χ1v) is 7.48. The second kappa shape index (κ2) is 4.73. The van der Waals surface area contributed by atoms with E-state index in [2.05, 4.69) is 5.32 Å². The van der Waals surface area contributed by atoms with E-state index in [1.807, 2.05) is 17.5 Å². The fourth-order valence-corrected chi connectivity index (χ4v) is 3.42. The van der Waals surface area contributed by atoms with Gasteiger partial charge in [0.05, 0.1) is 0 Å². The van der Waals surface area contributed by atoms with Gasteiger partial charge in [-0.1, -0.05) is 6.07 Å². The number of nitrogens with one attached hydrogen (secondary N) is 1. The Kier molecular flexibility index (Phi) is 3.29. The Morgan fingerprint density at radius 1 is 1.45 bits per heavy atom. The van der Waals surface area contributed by atoms with E-state index < -0.39 is 18.1 Å². The molecule has 2 fully saturated rings. The quantitative estimate of drug-likeness (QED) is 0.927. The van der Waals surface area contributed by atoms with Crippen molar-refractivity contribution in [2.24, 2.45) is 0 Å². The van der Waals surface area contributed by atoms with Gasteiger partial charge in [0.25, 0.3) is 0 Å². The van der Waals surface area contributed by atoms with Gasteiger partial charge < -0.3 is 4.90 Å². The number of carbonyl (C=O) groups is 1. The van der Waals surface area contributed by atoms with Crippen LogP contribution in [0.2, 0.25) is 0 Å². The maximum absolute atomic E-state index is 12.3. The first-order valence-electron chi connectivity index (χ1n) is 6.60. The minimum atomic E-state index is -4.16. The molecule has 0 bridgehead atoms. The largest absolute Gasteiger partial charge is 0.389 e. The van der Waals surface area contributed by atoms with Gasteiger partial charge in [-0.05, 0) is 30.7 Å². The highest BCUT2D eigenvalue weighted by atomic mass is 32.1. The maximum Gasteiger partial charge on any atom is 0.389 e. The molecular formula is C13H15F3N2OS. The summed E-state index contributed by atoms with van der Waals surface area (Å²) in [4.78, 5) is 14.9. The number of nitrogens with zero attached hydrogens (tertiary/aromatic N) is 1. The number of thiophene rings is 1. The second-order valence-electron chi connectivity index (χ2n) is 5.36. The summed E-state index contributed by atoms with van der Waals surface area (Å²) in [6.45, 7) is 0.148. The lowest BCUT2D eigenvalue weighted by Crippen LogP contribution is -2.33. The zero-order valence-electron chi connectivity index (χ0n) is 10.7. The van der Waals surface area contributed by atoms with Crippen molar-refractivity contribution in [3.05, 3.63) is 22.4 Å². The van der Waals surface area contributed by atoms with Gasteiger partial charge in [0.15, 0.2) is 0 Å². The van der Waals surface area contributed by atoms with E-state index in [-0.39, 0.29) is 25.0 Å². The molecule has 0 radical (unpaired) electrons. The number of hydrogen-bond donors (Lipinski definition) is 1. The topological polar surface area (TPSA) is 32.3 Å². The van der Waals surface area contributed by atoms with Crippen molar-refractivity contribution in [1.82, 2.24) is 10.2 Å². The molecule has 1 unspecified atom stereocenters. The van der Waals surface area contributed by atoms with Crippen molar-refractivity contribution in [2.45, 2.75) is 43.6 Å². The predicted octanol–water partition coefficient (Wildman–Crippen LogP) is 3.05. The Balaban J connectivity index is 1.70. The summed E-state index contributed by atoms with van der Waals surface area (Å²) in [5.74, 6) is -0.0434. The van der Waals surface area contributed by atoms with Gasteiger partial charge >= 0.3 is 6.18 Å². The molecule has 1 saturated heterocycles. The van der Waals surface area contributed by atoms with E-state index in [0.717, 1.165) is 17.7 Å². The van der Waals surface area contributed by atoms with E-state index in [1.165, 1.54) is 11.3 Å². The molecule has 1 aromatic rings. The Labute approximate surface area is 118 Å². The van der Waals surface area contributed by atoms with Crippen LogP contribution in [-0.4, -0.2) is 29.1 Å². The average molecular weight is 304 g/mol. The van der Waals surface area contributed by atoms with Gasteiger partial charge in [-0.15, -0.1) is 11.3 Å². The molecule has 1 atom stereocenters. The Bertz CT molecular complexity index is 496. The van der Waals surface area contributed by atoms with Crippen LogP contribution in [0.1, 0.15) is 36.7 Å². The smallest absolute Gasteiger partial charge is 0.320 e. The Morgan fingerprint density at radius 2 is 2.20 bits per heavy atom. The Morgan fingerprint density at radius 3 is 2.75 bits per heavy atom. The minimum absolute atomic E-state index is 0.0434. The van der Waals surface area contributed by atoms with Crippen LogP contribution in [0.15, 0.2) is 17.5 Å². The minimum Gasteiger partial charge on any atom is -0.320 e. The standard InChI is InChI=1S/C13H15F3N2OS/c14-13(15,16)4-2-7-18-10(9-3-1-8-20-9)17-12(5-6-12)11(18)19/h1,3,8,10,17H,2,4-7H2. The highest BCUT2D eigenvalue weighted by Gasteiger charge is 2.59. The summed E-state index contributed by atoms with van der Waals surface area (Å²) in [5.41, 5.74) is -0.493. The van der Waals surface area contributed by atoms with Crippen molar-refractivity contribution < 1.29 is 18.0 Å². The molecule has 1 N–H and O–H groups in total. The first kappa shape index (κ1) is 13.9. The number of carbonyl (C=O) groups excluding carboxylic acids is 1. The lowest BCUT2D eigenvalue weighted by atomic mass is 10.2. The molecule has 20 heavy (non-hydrogen) atoms. The second-order valence-corrected chi connectivity index (χ2v) is 6.34. The van der Waals surface area contributed by atoms with Crippen molar-refractivity contribution >= 4 is 17.2 Å². The van der Waals surface area contributed by atoms with Crippen LogP contribution in [0, 0.1) is 0 Å². The summed E-state index contributed by atoms with van der Waals surface area (Å²) in [7, 11) is 0. The van der Waals surface area contributed by atoms with Crippen LogP contribution in [0.5, 0.6) is 0 Å². The number of rotatable bonds is 4. The fourth-order valence-electron chi connectivity index (χ4n) is 2.63. The zero-order valence-corrected chi connectivity index (χ0v) is 11.6. The van der Waals surface area contributed by atoms with E-state index in [9.17, 15) is 18.0 Å². The number of hydrogen-bond acceptors (Lipinski definition) is 3. The summed E-state index contributed by atoms with van der Waals surface area (Å²) >= 11 is 1.51. The van der Waals surface area contributed by atoms with Crippen molar-refractivity contribution in [3.8, 4) is 0 Å². The van der Waals surface area contributed by atoms with E-state index in [0.29, 0.717) is 0 Å². The highest BCUT2D eigenvalue weighted by Crippen LogP contribution is 2.46. The van der Waals surface area contributed by atoms with E-state index in [4.69, 9.17) is 0 Å². The average Bonchev–Trinajstić information content (AvgIpc) is 2.83. The van der Waals surface area contributed by atoms with Crippen molar-refractivity contribution in [1.29, 1.82) is 0 Å². The molecule has 1 saturated carbocycles. The summed E-state index contributed by atoms with van der Waals surface area (Å²) in [5, 5.41) is 5.21. The first-order chi connectivity index (χ1) is 9.41. The van der Waals surface area contributed by atoms with Crippen LogP contribution in [0.25, 0.3) is 0 Å². The van der Waals surface area contributed by atoms with Crippen LogP contribution in [0.4, 0.5) is 13.2 Å². The van der Waals surface area contributed by atoms with Crippen molar-refractivity contribution in [2.75, 3.05) is 6.54 Å². The van der Waals surface area contributed by atoms with Crippen LogP contribution in [-0.2, 0) is 4.79 Å². The van der Waals surface area contributed by atoms with Gasteiger partial charge in [0.1, 0.15) is 11.7 Å². The third kappa shape index (κ3) is 2.56. The van der Waals surface area contributed by atoms with Gasteiger partial charge in [-0.3, -0.25) is 10.1 Å². The zero-order chi connectivity index (χ0) is 14.4. The lowest BCUT2D eigenvalue weighted by Gasteiger charge is -2.23. The van der Waals surface area contributed by atoms with E-state index in [1.54, 1.807) is 4.90 Å². The molecule has 7 heteroatoms. The molecule has 1 spiro atoms. The molecule has 0 aromatic carbocycles. The molecule has 3 rings (SSSR count). The highest BCUT2D eigenvalue weighted by molar-refractivity contribution is 7.10. The van der Waals surface area contributed by atoms with Gasteiger partial charge in [0, 0.05) is 17.8 Å². The van der Waals surface area contributed by atoms with Gasteiger partial charge in [-0.25, -0.2) is 0 Å². The third-order valence-electron chi connectivity index (χ3n) is 3.82. The van der Waals surface area contributed by atoms with E-state index >= 15 is 0 Å². The lowest BCUT2D eigenvalue weighted by molar-refractivity contribution is -0.140. The summed E-state index contributed by atoms with van der Waals surface area (Å²) < 4.78 is 36.7. The van der Waals surface area contributed by atoms with Gasteiger partial charge in [0.2, 0.25) is 5.91 Å². The van der Waals surface area contributed by atoms with Crippen LogP contribution in [0.3, 0.4) is 0 Å². The summed E-state index contributed by atoms with van der Waals surface area (Å²) in [6.07, 6.45) is -3.76. The molecule has 2 heterocycles. The third-order valence-corrected chi connectivity index (χ3v) is 4.74. The fraction of sp³-hybridized carbons (Fsp3) is 0.615. The number of alkyl halides is 3. The molecule has 1 aromatic heterocycles. The molecular weight excluding hydrogens is 289 g/mol. The molecule has 1 amide bonds. The Hall–Kier alpha value is -1.08. The number of amides is 1.